The molecule has 0 fully saturated rings. The van der Waals surface area contributed by atoms with E-state index in [2.05, 4.69) is 34.7 Å². The van der Waals surface area contributed by atoms with E-state index in [1.807, 2.05) is 18.2 Å². The summed E-state index contributed by atoms with van der Waals surface area (Å²) < 4.78 is 0.918. The highest BCUT2D eigenvalue weighted by Gasteiger charge is 2.14. The van der Waals surface area contributed by atoms with Crippen molar-refractivity contribution in [2.45, 2.75) is 33.2 Å². The van der Waals surface area contributed by atoms with Gasteiger partial charge in [-0.15, -0.1) is 0 Å². The molecular weight excluding hydrogens is 294 g/mol. The summed E-state index contributed by atoms with van der Waals surface area (Å²) in [6.07, 6.45) is 0.735. The van der Waals surface area contributed by atoms with Crippen LogP contribution in [0, 0.1) is 0 Å². The first-order valence-corrected chi connectivity index (χ1v) is 6.94. The van der Waals surface area contributed by atoms with Crippen LogP contribution < -0.4 is 4.90 Å². The van der Waals surface area contributed by atoms with Gasteiger partial charge in [0.1, 0.15) is 0 Å². The van der Waals surface area contributed by atoms with Gasteiger partial charge in [-0.25, -0.2) is 0 Å². The van der Waals surface area contributed by atoms with Gasteiger partial charge in [0.15, 0.2) is 5.78 Å². The number of carbonyl (C=O) groups excluding carboxylic acids is 1. The Morgan fingerprint density at radius 3 is 2.56 bits per heavy atom. The lowest BCUT2D eigenvalue weighted by molar-refractivity contribution is 0.101. The molecule has 0 atom stereocenters. The normalized spacial score (nSPS) is 10.8. The van der Waals surface area contributed by atoms with Crippen molar-refractivity contribution in [1.82, 2.24) is 0 Å². The lowest BCUT2D eigenvalue weighted by atomic mass is 10.1. The first-order chi connectivity index (χ1) is 8.47. The van der Waals surface area contributed by atoms with Gasteiger partial charge < -0.3 is 10.0 Å². The molecule has 0 aromatic heterocycles. The zero-order valence-electron chi connectivity index (χ0n) is 11.1. The van der Waals surface area contributed by atoms with E-state index in [4.69, 9.17) is 5.11 Å². The SMILES string of the molecule is CC(=O)c1ccc(N(CCCO)C(C)C)c(Br)c1. The Kier molecular flexibility index (Phi) is 5.82. The molecule has 3 nitrogen and oxygen atoms in total. The second kappa shape index (κ2) is 6.90. The van der Waals surface area contributed by atoms with Gasteiger partial charge in [0, 0.05) is 29.2 Å². The molecule has 1 aromatic carbocycles. The molecule has 0 aliphatic rings. The predicted molar refractivity (Wildman–Crippen MR) is 78.3 cm³/mol. The maximum atomic E-state index is 11.3. The molecule has 1 rings (SSSR count). The number of benzene rings is 1. The number of hydrogen-bond donors (Lipinski definition) is 1. The van der Waals surface area contributed by atoms with Gasteiger partial charge in [-0.05, 0) is 61.3 Å². The molecule has 0 aliphatic carbocycles. The number of rotatable bonds is 6. The third-order valence-electron chi connectivity index (χ3n) is 2.84. The molecule has 0 spiro atoms. The van der Waals surface area contributed by atoms with Crippen LogP contribution in [0.1, 0.15) is 37.6 Å². The predicted octanol–water partition coefficient (Wildman–Crippen LogP) is 3.25. The topological polar surface area (TPSA) is 40.5 Å². The van der Waals surface area contributed by atoms with Crippen molar-refractivity contribution in [2.24, 2.45) is 0 Å². The number of nitrogens with zero attached hydrogens (tertiary/aromatic N) is 1. The molecule has 0 radical (unpaired) electrons. The molecule has 1 N–H and O–H groups in total. The van der Waals surface area contributed by atoms with Crippen molar-refractivity contribution < 1.29 is 9.90 Å². The number of halogens is 1. The number of aliphatic hydroxyl groups is 1. The van der Waals surface area contributed by atoms with Crippen LogP contribution in [0.5, 0.6) is 0 Å². The molecule has 0 unspecified atom stereocenters. The highest BCUT2D eigenvalue weighted by Crippen LogP contribution is 2.29. The number of anilines is 1. The van der Waals surface area contributed by atoms with Crippen LogP contribution in [-0.2, 0) is 0 Å². The van der Waals surface area contributed by atoms with Gasteiger partial charge in [0.25, 0.3) is 0 Å². The molecular formula is C14H20BrNO2. The lowest BCUT2D eigenvalue weighted by Crippen LogP contribution is -2.32. The average Bonchev–Trinajstić information content (AvgIpc) is 2.30. The van der Waals surface area contributed by atoms with E-state index >= 15 is 0 Å². The molecule has 0 amide bonds. The zero-order valence-corrected chi connectivity index (χ0v) is 12.7. The molecule has 4 heteroatoms. The third kappa shape index (κ3) is 3.82. The van der Waals surface area contributed by atoms with E-state index in [-0.39, 0.29) is 12.4 Å². The molecule has 0 saturated heterocycles. The molecule has 18 heavy (non-hydrogen) atoms. The number of Topliss-reactive ketones (excluding diaryl/α,β-unsaturated/α-hetero) is 1. The summed E-state index contributed by atoms with van der Waals surface area (Å²) in [5, 5.41) is 8.95. The summed E-state index contributed by atoms with van der Waals surface area (Å²) in [5.74, 6) is 0.0636. The lowest BCUT2D eigenvalue weighted by Gasteiger charge is -2.30. The summed E-state index contributed by atoms with van der Waals surface area (Å²) in [6.45, 7) is 6.78. The fourth-order valence-electron chi connectivity index (χ4n) is 1.86. The van der Waals surface area contributed by atoms with Gasteiger partial charge in [-0.3, -0.25) is 4.79 Å². The third-order valence-corrected chi connectivity index (χ3v) is 3.48. The Bertz CT molecular complexity index is 418. The standard InChI is InChI=1S/C14H20BrNO2/c1-10(2)16(7-4-8-17)14-6-5-12(11(3)18)9-13(14)15/h5-6,9-10,17H,4,7-8H2,1-3H3. The Morgan fingerprint density at radius 1 is 1.44 bits per heavy atom. The fourth-order valence-corrected chi connectivity index (χ4v) is 2.46. The number of aliphatic hydroxyl groups excluding tert-OH is 1. The van der Waals surface area contributed by atoms with Gasteiger partial charge >= 0.3 is 0 Å². The van der Waals surface area contributed by atoms with Crippen molar-refractivity contribution in [3.63, 3.8) is 0 Å². The summed E-state index contributed by atoms with van der Waals surface area (Å²) in [5.41, 5.74) is 1.76. The fraction of sp³-hybridized carbons (Fsp3) is 0.500. The molecule has 0 heterocycles. The molecule has 100 valence electrons. The first kappa shape index (κ1) is 15.2. The molecule has 0 aliphatic heterocycles. The van der Waals surface area contributed by atoms with Crippen molar-refractivity contribution >= 4 is 27.4 Å². The van der Waals surface area contributed by atoms with E-state index in [1.165, 1.54) is 0 Å². The van der Waals surface area contributed by atoms with Gasteiger partial charge in [0.2, 0.25) is 0 Å². The Hall–Kier alpha value is -0.870. The van der Waals surface area contributed by atoms with E-state index in [0.717, 1.165) is 23.1 Å². The molecule has 1 aromatic rings. The second-order valence-corrected chi connectivity index (χ2v) is 5.44. The van der Waals surface area contributed by atoms with Crippen LogP contribution in [0.4, 0.5) is 5.69 Å². The highest BCUT2D eigenvalue weighted by molar-refractivity contribution is 9.10. The minimum absolute atomic E-state index is 0.0636. The summed E-state index contributed by atoms with van der Waals surface area (Å²) in [7, 11) is 0. The van der Waals surface area contributed by atoms with E-state index in [0.29, 0.717) is 11.6 Å². The van der Waals surface area contributed by atoms with Gasteiger partial charge in [-0.2, -0.15) is 0 Å². The highest BCUT2D eigenvalue weighted by atomic mass is 79.9. The van der Waals surface area contributed by atoms with Crippen molar-refractivity contribution in [1.29, 1.82) is 0 Å². The maximum Gasteiger partial charge on any atom is 0.159 e. The van der Waals surface area contributed by atoms with Gasteiger partial charge in [0.05, 0.1) is 5.69 Å². The minimum atomic E-state index is 0.0636. The first-order valence-electron chi connectivity index (χ1n) is 6.15. The average molecular weight is 314 g/mol. The summed E-state index contributed by atoms with van der Waals surface area (Å²) >= 11 is 3.52. The Balaban J connectivity index is 3.01. The smallest absolute Gasteiger partial charge is 0.159 e. The number of ketones is 1. The van der Waals surface area contributed by atoms with Crippen LogP contribution in [0.15, 0.2) is 22.7 Å². The largest absolute Gasteiger partial charge is 0.396 e. The zero-order chi connectivity index (χ0) is 13.7. The minimum Gasteiger partial charge on any atom is -0.396 e. The summed E-state index contributed by atoms with van der Waals surface area (Å²) in [6, 6.07) is 6.00. The quantitative estimate of drug-likeness (QED) is 0.820. The Morgan fingerprint density at radius 2 is 2.11 bits per heavy atom. The Labute approximate surface area is 117 Å². The van der Waals surface area contributed by atoms with Crippen LogP contribution in [0.25, 0.3) is 0 Å². The van der Waals surface area contributed by atoms with Crippen molar-refractivity contribution in [3.05, 3.63) is 28.2 Å². The van der Waals surface area contributed by atoms with E-state index < -0.39 is 0 Å². The van der Waals surface area contributed by atoms with Crippen molar-refractivity contribution in [3.8, 4) is 0 Å². The van der Waals surface area contributed by atoms with Crippen molar-refractivity contribution in [2.75, 3.05) is 18.1 Å². The number of carbonyl (C=O) groups is 1. The van der Waals surface area contributed by atoms with Crippen LogP contribution in [0.2, 0.25) is 0 Å². The van der Waals surface area contributed by atoms with Crippen LogP contribution in [-0.4, -0.2) is 30.1 Å². The summed E-state index contributed by atoms with van der Waals surface area (Å²) in [4.78, 5) is 13.5. The van der Waals surface area contributed by atoms with E-state index in [9.17, 15) is 4.79 Å². The molecule has 0 saturated carbocycles. The van der Waals surface area contributed by atoms with Crippen LogP contribution in [0.3, 0.4) is 0 Å². The number of hydrogen-bond acceptors (Lipinski definition) is 3. The van der Waals surface area contributed by atoms with Crippen LogP contribution >= 0.6 is 15.9 Å². The maximum absolute atomic E-state index is 11.3. The second-order valence-electron chi connectivity index (χ2n) is 4.59. The monoisotopic (exact) mass is 313 g/mol. The molecule has 0 bridgehead atoms. The van der Waals surface area contributed by atoms with Gasteiger partial charge in [-0.1, -0.05) is 0 Å². The van der Waals surface area contributed by atoms with E-state index in [1.54, 1.807) is 6.92 Å².